The second-order valence-corrected chi connectivity index (χ2v) is 6.18. The van der Waals surface area contributed by atoms with E-state index in [0.29, 0.717) is 29.4 Å². The Hall–Kier alpha value is -3.21. The normalized spacial score (nSPS) is 10.5. The van der Waals surface area contributed by atoms with Crippen LogP contribution in [0.5, 0.6) is 17.2 Å². The third-order valence-electron chi connectivity index (χ3n) is 4.57. The number of hydrogen-bond donors (Lipinski definition) is 0. The number of amides is 1. The monoisotopic (exact) mass is 365 g/mol. The fourth-order valence-corrected chi connectivity index (χ4v) is 3.23. The van der Waals surface area contributed by atoms with Crippen molar-refractivity contribution in [2.75, 3.05) is 28.4 Å². The topological polar surface area (TPSA) is 48.0 Å². The van der Waals surface area contributed by atoms with Crippen molar-refractivity contribution < 1.29 is 19.0 Å². The van der Waals surface area contributed by atoms with E-state index in [0.717, 1.165) is 16.3 Å². The molecule has 5 heteroatoms. The van der Waals surface area contributed by atoms with E-state index in [2.05, 4.69) is 18.2 Å². The first kappa shape index (κ1) is 18.6. The van der Waals surface area contributed by atoms with E-state index >= 15 is 0 Å². The molecule has 0 unspecified atom stereocenters. The van der Waals surface area contributed by atoms with Crippen molar-refractivity contribution in [2.24, 2.45) is 0 Å². The highest BCUT2D eigenvalue weighted by Gasteiger charge is 2.23. The molecule has 0 heterocycles. The average molecular weight is 365 g/mol. The summed E-state index contributed by atoms with van der Waals surface area (Å²) in [4.78, 5) is 14.8. The molecule has 5 nitrogen and oxygen atoms in total. The Morgan fingerprint density at radius 1 is 0.852 bits per heavy atom. The van der Waals surface area contributed by atoms with Crippen molar-refractivity contribution in [2.45, 2.75) is 6.54 Å². The van der Waals surface area contributed by atoms with Crippen LogP contribution in [-0.4, -0.2) is 39.2 Å². The molecule has 0 aliphatic heterocycles. The molecular formula is C22H23NO4. The zero-order valence-electron chi connectivity index (χ0n) is 16.0. The van der Waals surface area contributed by atoms with Crippen LogP contribution < -0.4 is 14.2 Å². The van der Waals surface area contributed by atoms with Gasteiger partial charge in [-0.2, -0.15) is 0 Å². The molecule has 140 valence electrons. The lowest BCUT2D eigenvalue weighted by Crippen LogP contribution is -2.26. The molecule has 27 heavy (non-hydrogen) atoms. The van der Waals surface area contributed by atoms with Gasteiger partial charge in [-0.15, -0.1) is 0 Å². The highest BCUT2D eigenvalue weighted by atomic mass is 16.5. The Bertz CT molecular complexity index is 962. The molecule has 0 fully saturated rings. The van der Waals surface area contributed by atoms with Crippen LogP contribution in [0.15, 0.2) is 54.6 Å². The number of nitrogens with zero attached hydrogens (tertiary/aromatic N) is 1. The minimum Gasteiger partial charge on any atom is -0.493 e. The fraction of sp³-hybridized carbons (Fsp3) is 0.227. The van der Waals surface area contributed by atoms with Gasteiger partial charge < -0.3 is 19.1 Å². The first-order chi connectivity index (χ1) is 13.1. The van der Waals surface area contributed by atoms with E-state index in [1.165, 1.54) is 14.2 Å². The number of carbonyl (C=O) groups excluding carboxylic acids is 1. The molecule has 0 spiro atoms. The van der Waals surface area contributed by atoms with Crippen LogP contribution in [-0.2, 0) is 6.54 Å². The van der Waals surface area contributed by atoms with Crippen LogP contribution in [0.1, 0.15) is 15.9 Å². The molecule has 0 atom stereocenters. The molecule has 0 saturated heterocycles. The third kappa shape index (κ3) is 3.53. The Balaban J connectivity index is 1.94. The molecule has 0 bridgehead atoms. The largest absolute Gasteiger partial charge is 0.493 e. The van der Waals surface area contributed by atoms with E-state index in [9.17, 15) is 4.79 Å². The molecule has 0 N–H and O–H groups in total. The van der Waals surface area contributed by atoms with Gasteiger partial charge in [-0.1, -0.05) is 42.5 Å². The SMILES string of the molecule is COc1ccc(C(=O)N(C)Cc2cccc3ccccc23)c(OC)c1OC. The molecule has 1 amide bonds. The van der Waals surface area contributed by atoms with Crippen molar-refractivity contribution in [3.05, 3.63) is 65.7 Å². The Morgan fingerprint density at radius 2 is 1.56 bits per heavy atom. The average Bonchev–Trinajstić information content (AvgIpc) is 2.72. The Kier molecular flexibility index (Phi) is 5.50. The Labute approximate surface area is 159 Å². The lowest BCUT2D eigenvalue weighted by molar-refractivity contribution is 0.0781. The van der Waals surface area contributed by atoms with Gasteiger partial charge in [-0.3, -0.25) is 4.79 Å². The van der Waals surface area contributed by atoms with Crippen LogP contribution in [0.4, 0.5) is 0 Å². The van der Waals surface area contributed by atoms with Crippen LogP contribution in [0, 0.1) is 0 Å². The summed E-state index contributed by atoms with van der Waals surface area (Å²) in [7, 11) is 6.36. The molecule has 3 aromatic rings. The summed E-state index contributed by atoms with van der Waals surface area (Å²) in [6, 6.07) is 17.7. The summed E-state index contributed by atoms with van der Waals surface area (Å²) >= 11 is 0. The number of ether oxygens (including phenoxy) is 3. The number of methoxy groups -OCH3 is 3. The van der Waals surface area contributed by atoms with Crippen LogP contribution in [0.2, 0.25) is 0 Å². The van der Waals surface area contributed by atoms with Gasteiger partial charge in [0.1, 0.15) is 0 Å². The van der Waals surface area contributed by atoms with E-state index in [4.69, 9.17) is 14.2 Å². The highest BCUT2D eigenvalue weighted by Crippen LogP contribution is 2.40. The number of carbonyl (C=O) groups is 1. The number of fused-ring (bicyclic) bond motifs is 1. The summed E-state index contributed by atoms with van der Waals surface area (Å²) in [5.41, 5.74) is 1.52. The zero-order valence-corrected chi connectivity index (χ0v) is 16.0. The van der Waals surface area contributed by atoms with Gasteiger partial charge in [0.15, 0.2) is 11.5 Å². The van der Waals surface area contributed by atoms with Crippen molar-refractivity contribution >= 4 is 16.7 Å². The van der Waals surface area contributed by atoms with Crippen LogP contribution >= 0.6 is 0 Å². The number of hydrogen-bond acceptors (Lipinski definition) is 4. The van der Waals surface area contributed by atoms with E-state index in [1.807, 2.05) is 24.3 Å². The summed E-state index contributed by atoms with van der Waals surface area (Å²) in [6.45, 7) is 0.484. The predicted molar refractivity (Wildman–Crippen MR) is 106 cm³/mol. The van der Waals surface area contributed by atoms with Gasteiger partial charge in [0, 0.05) is 13.6 Å². The maximum atomic E-state index is 13.1. The highest BCUT2D eigenvalue weighted by molar-refractivity contribution is 5.98. The molecular weight excluding hydrogens is 342 g/mol. The van der Waals surface area contributed by atoms with Gasteiger partial charge in [0.05, 0.1) is 26.9 Å². The smallest absolute Gasteiger partial charge is 0.257 e. The molecule has 0 aliphatic carbocycles. The second kappa shape index (κ2) is 7.99. The quantitative estimate of drug-likeness (QED) is 0.659. The Morgan fingerprint density at radius 3 is 2.26 bits per heavy atom. The minimum absolute atomic E-state index is 0.152. The number of benzene rings is 3. The standard InChI is InChI=1S/C22H23NO4/c1-23(14-16-10-7-9-15-8-5-6-11-17(15)16)22(24)18-12-13-19(25-2)21(27-4)20(18)26-3/h5-13H,14H2,1-4H3. The van der Waals surface area contributed by atoms with E-state index < -0.39 is 0 Å². The lowest BCUT2D eigenvalue weighted by Gasteiger charge is -2.21. The van der Waals surface area contributed by atoms with Gasteiger partial charge in [-0.05, 0) is 28.5 Å². The summed E-state index contributed by atoms with van der Waals surface area (Å²) in [6.07, 6.45) is 0. The maximum absolute atomic E-state index is 13.1. The predicted octanol–water partition coefficient (Wildman–Crippen LogP) is 4.14. The molecule has 0 saturated carbocycles. The van der Waals surface area contributed by atoms with Crippen molar-refractivity contribution in [3.63, 3.8) is 0 Å². The molecule has 0 aromatic heterocycles. The van der Waals surface area contributed by atoms with Gasteiger partial charge >= 0.3 is 0 Å². The van der Waals surface area contributed by atoms with Crippen LogP contribution in [0.3, 0.4) is 0 Å². The molecule has 3 aromatic carbocycles. The number of rotatable bonds is 6. The van der Waals surface area contributed by atoms with Gasteiger partial charge in [0.2, 0.25) is 5.75 Å². The first-order valence-electron chi connectivity index (χ1n) is 8.61. The van der Waals surface area contributed by atoms with Crippen molar-refractivity contribution in [1.29, 1.82) is 0 Å². The van der Waals surface area contributed by atoms with E-state index in [1.54, 1.807) is 31.2 Å². The maximum Gasteiger partial charge on any atom is 0.257 e. The van der Waals surface area contributed by atoms with Crippen LogP contribution in [0.25, 0.3) is 10.8 Å². The summed E-state index contributed by atoms with van der Waals surface area (Å²) in [5, 5.41) is 2.29. The van der Waals surface area contributed by atoms with E-state index in [-0.39, 0.29) is 5.91 Å². The first-order valence-corrected chi connectivity index (χ1v) is 8.61. The lowest BCUT2D eigenvalue weighted by atomic mass is 10.0. The second-order valence-electron chi connectivity index (χ2n) is 6.18. The summed E-state index contributed by atoms with van der Waals surface area (Å²) in [5.74, 6) is 1.14. The third-order valence-corrected chi connectivity index (χ3v) is 4.57. The molecule has 0 aliphatic rings. The molecule has 0 radical (unpaired) electrons. The summed E-state index contributed by atoms with van der Waals surface area (Å²) < 4.78 is 16.1. The van der Waals surface area contributed by atoms with Crippen molar-refractivity contribution in [3.8, 4) is 17.2 Å². The zero-order chi connectivity index (χ0) is 19.4. The minimum atomic E-state index is -0.152. The fourth-order valence-electron chi connectivity index (χ4n) is 3.23. The van der Waals surface area contributed by atoms with Gasteiger partial charge in [-0.25, -0.2) is 0 Å². The molecule has 3 rings (SSSR count). The van der Waals surface area contributed by atoms with Gasteiger partial charge in [0.25, 0.3) is 5.91 Å². The van der Waals surface area contributed by atoms with Crippen molar-refractivity contribution in [1.82, 2.24) is 4.90 Å².